The number of rotatable bonds is 4. The molecule has 1 nitrogen and oxygen atoms in total. The van der Waals surface area contributed by atoms with Crippen molar-refractivity contribution in [2.24, 2.45) is 0 Å². The van der Waals surface area contributed by atoms with Crippen molar-refractivity contribution in [3.05, 3.63) is 77.0 Å². The molecule has 0 saturated heterocycles. The molecular formula is C21H24BF4N. The fourth-order valence-electron chi connectivity index (χ4n) is 3.28. The van der Waals surface area contributed by atoms with E-state index in [0.29, 0.717) is 0 Å². The van der Waals surface area contributed by atoms with Crippen molar-refractivity contribution in [1.29, 1.82) is 0 Å². The summed E-state index contributed by atoms with van der Waals surface area (Å²) in [5, 5.41) is 1.41. The molecule has 1 heterocycles. The van der Waals surface area contributed by atoms with Gasteiger partial charge in [-0.25, -0.2) is 0 Å². The van der Waals surface area contributed by atoms with Crippen LogP contribution in [-0.2, 0) is 19.4 Å². The molecule has 0 atom stereocenters. The fourth-order valence-corrected chi connectivity index (χ4v) is 3.28. The van der Waals surface area contributed by atoms with Gasteiger partial charge in [0.25, 0.3) is 0 Å². The monoisotopic (exact) mass is 377 g/mol. The Labute approximate surface area is 157 Å². The van der Waals surface area contributed by atoms with E-state index >= 15 is 0 Å². The van der Waals surface area contributed by atoms with Crippen molar-refractivity contribution in [2.75, 3.05) is 0 Å². The number of halogens is 4. The van der Waals surface area contributed by atoms with Crippen LogP contribution in [0.4, 0.5) is 17.3 Å². The molecule has 3 aromatic rings. The Morgan fingerprint density at radius 1 is 0.889 bits per heavy atom. The number of nitrogens with zero attached hydrogens (tertiary/aromatic N) is 1. The Balaban J connectivity index is 0.000000465. The molecular weight excluding hydrogens is 353 g/mol. The summed E-state index contributed by atoms with van der Waals surface area (Å²) in [6, 6.07) is 17.5. The molecule has 0 aliphatic heterocycles. The summed E-state index contributed by atoms with van der Waals surface area (Å²) in [5.74, 6) is 0. The number of aryl methyl sites for hydroxylation is 3. The SMILES string of the molecule is CCc1c[n+](Cc2ccccc2)c2ccc(C)cc2c1CC.F[B-](F)(F)F. The first-order valence-electron chi connectivity index (χ1n) is 9.08. The molecule has 0 spiro atoms. The molecule has 0 fully saturated rings. The second kappa shape index (κ2) is 9.02. The van der Waals surface area contributed by atoms with Crippen LogP contribution in [0.1, 0.15) is 36.1 Å². The standard InChI is InChI=1S/C21H24N.BF4/c1-4-18-15-22(14-17-9-7-6-8-10-17)21-12-11-16(3)13-20(21)19(18)5-2;2-1(3,4)5/h6-13,15H,4-5,14H2,1-3H3;/q+1;-1. The molecule has 0 aliphatic rings. The van der Waals surface area contributed by atoms with Gasteiger partial charge in [-0.3, -0.25) is 0 Å². The van der Waals surface area contributed by atoms with Crippen LogP contribution in [0.2, 0.25) is 0 Å². The van der Waals surface area contributed by atoms with Crippen LogP contribution in [0.3, 0.4) is 0 Å². The minimum atomic E-state index is -6.00. The third-order valence-corrected chi connectivity index (χ3v) is 4.42. The molecule has 0 amide bonds. The zero-order valence-corrected chi connectivity index (χ0v) is 15.9. The van der Waals surface area contributed by atoms with Gasteiger partial charge in [0.2, 0.25) is 5.52 Å². The Morgan fingerprint density at radius 2 is 1.52 bits per heavy atom. The Kier molecular flexibility index (Phi) is 7.00. The van der Waals surface area contributed by atoms with Gasteiger partial charge >= 0.3 is 7.25 Å². The fraction of sp³-hybridized carbons (Fsp3) is 0.286. The maximum atomic E-state index is 9.75. The predicted octanol–water partition coefficient (Wildman–Crippen LogP) is 5.91. The molecule has 0 radical (unpaired) electrons. The van der Waals surface area contributed by atoms with Crippen LogP contribution in [0.25, 0.3) is 10.9 Å². The van der Waals surface area contributed by atoms with Gasteiger partial charge in [-0.05, 0) is 31.4 Å². The van der Waals surface area contributed by atoms with Gasteiger partial charge in [-0.1, -0.05) is 55.8 Å². The molecule has 27 heavy (non-hydrogen) atoms. The summed E-state index contributed by atoms with van der Waals surface area (Å²) in [6.07, 6.45) is 4.53. The lowest BCUT2D eigenvalue weighted by Crippen LogP contribution is -2.36. The van der Waals surface area contributed by atoms with Crippen LogP contribution in [-0.4, -0.2) is 7.25 Å². The molecule has 2 aromatic carbocycles. The molecule has 0 N–H and O–H groups in total. The summed E-state index contributed by atoms with van der Waals surface area (Å²) in [7, 11) is -6.00. The van der Waals surface area contributed by atoms with Gasteiger partial charge in [-0.2, -0.15) is 4.57 Å². The van der Waals surface area contributed by atoms with E-state index in [0.717, 1.165) is 19.4 Å². The van der Waals surface area contributed by atoms with Crippen molar-refractivity contribution >= 4 is 18.2 Å². The summed E-state index contributed by atoms with van der Waals surface area (Å²) < 4.78 is 41.4. The average Bonchev–Trinajstić information content (AvgIpc) is 2.60. The zero-order valence-electron chi connectivity index (χ0n) is 15.9. The average molecular weight is 377 g/mol. The second-order valence-corrected chi connectivity index (χ2v) is 6.47. The van der Waals surface area contributed by atoms with Crippen LogP contribution >= 0.6 is 0 Å². The molecule has 3 rings (SSSR count). The lowest BCUT2D eigenvalue weighted by Gasteiger charge is -2.11. The topological polar surface area (TPSA) is 3.88 Å². The maximum Gasteiger partial charge on any atom is 0.673 e. The number of fused-ring (bicyclic) bond motifs is 1. The van der Waals surface area contributed by atoms with Gasteiger partial charge in [0.15, 0.2) is 12.7 Å². The van der Waals surface area contributed by atoms with Gasteiger partial charge in [-0.15, -0.1) is 0 Å². The highest BCUT2D eigenvalue weighted by atomic mass is 19.5. The first-order valence-corrected chi connectivity index (χ1v) is 9.08. The van der Waals surface area contributed by atoms with Crippen LogP contribution < -0.4 is 4.57 Å². The van der Waals surface area contributed by atoms with E-state index in [4.69, 9.17) is 0 Å². The summed E-state index contributed by atoms with van der Waals surface area (Å²) in [6.45, 7) is 7.62. The number of benzene rings is 2. The number of aromatic nitrogens is 1. The van der Waals surface area contributed by atoms with Crippen LogP contribution in [0.15, 0.2) is 54.7 Å². The van der Waals surface area contributed by atoms with Gasteiger partial charge in [0, 0.05) is 17.2 Å². The summed E-state index contributed by atoms with van der Waals surface area (Å²) >= 11 is 0. The maximum absolute atomic E-state index is 9.75. The Bertz CT molecular complexity index is 886. The molecule has 1 aromatic heterocycles. The van der Waals surface area contributed by atoms with E-state index in [2.05, 4.69) is 80.1 Å². The highest BCUT2D eigenvalue weighted by Gasteiger charge is 2.20. The third-order valence-electron chi connectivity index (χ3n) is 4.42. The van der Waals surface area contributed by atoms with Gasteiger partial charge < -0.3 is 17.3 Å². The first kappa shape index (κ1) is 20.9. The zero-order chi connectivity index (χ0) is 20.0. The number of pyridine rings is 1. The van der Waals surface area contributed by atoms with E-state index in [1.54, 1.807) is 0 Å². The molecule has 144 valence electrons. The van der Waals surface area contributed by atoms with Crippen molar-refractivity contribution in [2.45, 2.75) is 40.2 Å². The highest BCUT2D eigenvalue weighted by molar-refractivity contribution is 6.50. The minimum Gasteiger partial charge on any atom is -0.418 e. The smallest absolute Gasteiger partial charge is 0.418 e. The Hall–Kier alpha value is -2.37. The molecule has 6 heteroatoms. The highest BCUT2D eigenvalue weighted by Crippen LogP contribution is 2.22. The normalized spacial score (nSPS) is 11.2. The van der Waals surface area contributed by atoms with E-state index in [1.807, 2.05) is 0 Å². The van der Waals surface area contributed by atoms with Crippen molar-refractivity contribution in [3.63, 3.8) is 0 Å². The van der Waals surface area contributed by atoms with Crippen molar-refractivity contribution < 1.29 is 21.8 Å². The lowest BCUT2D eigenvalue weighted by molar-refractivity contribution is -0.662. The summed E-state index contributed by atoms with van der Waals surface area (Å²) in [4.78, 5) is 0. The van der Waals surface area contributed by atoms with Crippen LogP contribution in [0, 0.1) is 6.92 Å². The third kappa shape index (κ3) is 6.09. The first-order chi connectivity index (χ1) is 12.7. The minimum absolute atomic E-state index is 0.928. The van der Waals surface area contributed by atoms with E-state index < -0.39 is 7.25 Å². The molecule has 0 aliphatic carbocycles. The molecule has 0 unspecified atom stereocenters. The quantitative estimate of drug-likeness (QED) is 0.302. The van der Waals surface area contributed by atoms with Gasteiger partial charge in [0.1, 0.15) is 0 Å². The number of hydrogen-bond acceptors (Lipinski definition) is 0. The van der Waals surface area contributed by atoms with E-state index in [9.17, 15) is 17.3 Å². The van der Waals surface area contributed by atoms with E-state index in [1.165, 1.54) is 33.2 Å². The van der Waals surface area contributed by atoms with Gasteiger partial charge in [0.05, 0.1) is 5.39 Å². The number of hydrogen-bond donors (Lipinski definition) is 0. The lowest BCUT2D eigenvalue weighted by atomic mass is 9.98. The van der Waals surface area contributed by atoms with Crippen molar-refractivity contribution in [1.82, 2.24) is 0 Å². The molecule has 0 saturated carbocycles. The Morgan fingerprint density at radius 3 is 2.07 bits per heavy atom. The molecule has 0 bridgehead atoms. The predicted molar refractivity (Wildman–Crippen MR) is 103 cm³/mol. The summed E-state index contributed by atoms with van der Waals surface area (Å²) in [5.41, 5.74) is 6.99. The van der Waals surface area contributed by atoms with Crippen molar-refractivity contribution in [3.8, 4) is 0 Å². The largest absolute Gasteiger partial charge is 0.673 e. The second-order valence-electron chi connectivity index (χ2n) is 6.47. The van der Waals surface area contributed by atoms with Crippen LogP contribution in [0.5, 0.6) is 0 Å². The van der Waals surface area contributed by atoms with E-state index in [-0.39, 0.29) is 0 Å².